The number of benzene rings is 1. The Hall–Kier alpha value is -2.48. The molecule has 1 amide bonds. The summed E-state index contributed by atoms with van der Waals surface area (Å²) >= 11 is 1.49. The SMILES string of the molecule is CC1CN(c2nc3ccc(F)cc3s2)CCN1C(=O)c1cnn(C)c1. The maximum Gasteiger partial charge on any atom is 0.257 e. The van der Waals surface area contributed by atoms with E-state index < -0.39 is 0 Å². The van der Waals surface area contributed by atoms with E-state index in [4.69, 9.17) is 0 Å². The fraction of sp³-hybridized carbons (Fsp3) is 0.353. The van der Waals surface area contributed by atoms with Crippen molar-refractivity contribution in [2.24, 2.45) is 7.05 Å². The van der Waals surface area contributed by atoms with Crippen molar-refractivity contribution in [3.8, 4) is 0 Å². The molecule has 0 spiro atoms. The zero-order valence-electron chi connectivity index (χ0n) is 14.0. The number of aryl methyl sites for hydroxylation is 1. The summed E-state index contributed by atoms with van der Waals surface area (Å²) in [5.41, 5.74) is 1.42. The molecule has 0 N–H and O–H groups in total. The number of amides is 1. The Bertz CT molecular complexity index is 936. The van der Waals surface area contributed by atoms with Gasteiger partial charge in [0.1, 0.15) is 5.82 Å². The maximum atomic E-state index is 13.4. The molecular weight excluding hydrogens is 341 g/mol. The first kappa shape index (κ1) is 16.0. The highest BCUT2D eigenvalue weighted by atomic mass is 32.1. The van der Waals surface area contributed by atoms with Crippen LogP contribution in [0.4, 0.5) is 9.52 Å². The van der Waals surface area contributed by atoms with E-state index in [1.807, 2.05) is 11.8 Å². The molecule has 130 valence electrons. The summed E-state index contributed by atoms with van der Waals surface area (Å²) in [7, 11) is 1.80. The fourth-order valence-corrected chi connectivity index (χ4v) is 4.18. The molecular formula is C17H18FN5OS. The predicted molar refractivity (Wildman–Crippen MR) is 95.5 cm³/mol. The molecule has 1 aliphatic heterocycles. The lowest BCUT2D eigenvalue weighted by Crippen LogP contribution is -2.54. The lowest BCUT2D eigenvalue weighted by molar-refractivity contribution is 0.0674. The number of rotatable bonds is 2. The first-order chi connectivity index (χ1) is 12.0. The zero-order chi connectivity index (χ0) is 17.6. The quantitative estimate of drug-likeness (QED) is 0.706. The van der Waals surface area contributed by atoms with Crippen LogP contribution in [-0.4, -0.2) is 51.2 Å². The van der Waals surface area contributed by atoms with Gasteiger partial charge in [-0.05, 0) is 25.1 Å². The Morgan fingerprint density at radius 1 is 1.36 bits per heavy atom. The number of thiazole rings is 1. The van der Waals surface area contributed by atoms with Crippen molar-refractivity contribution >= 4 is 32.6 Å². The Kier molecular flexibility index (Phi) is 3.91. The molecule has 1 fully saturated rings. The summed E-state index contributed by atoms with van der Waals surface area (Å²) in [6, 6.07) is 4.71. The highest BCUT2D eigenvalue weighted by Gasteiger charge is 2.30. The maximum absolute atomic E-state index is 13.4. The normalized spacial score (nSPS) is 18.1. The number of halogens is 1. The molecule has 1 unspecified atom stereocenters. The van der Waals surface area contributed by atoms with Gasteiger partial charge >= 0.3 is 0 Å². The Morgan fingerprint density at radius 3 is 2.92 bits per heavy atom. The number of hydrogen-bond donors (Lipinski definition) is 0. The van der Waals surface area contributed by atoms with Crippen LogP contribution < -0.4 is 4.90 Å². The molecule has 6 nitrogen and oxygen atoms in total. The summed E-state index contributed by atoms with van der Waals surface area (Å²) in [5.74, 6) is -0.241. The van der Waals surface area contributed by atoms with Crippen LogP contribution in [0.25, 0.3) is 10.2 Å². The van der Waals surface area contributed by atoms with Gasteiger partial charge in [-0.25, -0.2) is 9.37 Å². The molecule has 3 heterocycles. The molecule has 8 heteroatoms. The van der Waals surface area contributed by atoms with Gasteiger partial charge in [-0.1, -0.05) is 11.3 Å². The highest BCUT2D eigenvalue weighted by Crippen LogP contribution is 2.30. The Balaban J connectivity index is 1.51. The van der Waals surface area contributed by atoms with Crippen LogP contribution in [0.1, 0.15) is 17.3 Å². The number of aromatic nitrogens is 3. The van der Waals surface area contributed by atoms with Crippen LogP contribution in [0.3, 0.4) is 0 Å². The minimum Gasteiger partial charge on any atom is -0.344 e. The molecule has 1 saturated heterocycles. The van der Waals surface area contributed by atoms with Crippen molar-refractivity contribution in [1.82, 2.24) is 19.7 Å². The number of anilines is 1. The van der Waals surface area contributed by atoms with E-state index in [2.05, 4.69) is 15.0 Å². The van der Waals surface area contributed by atoms with Crippen LogP contribution in [0.15, 0.2) is 30.6 Å². The standard InChI is InChI=1S/C17H18FN5OS/c1-11-9-22(17-20-14-4-3-13(18)7-15(14)25-17)5-6-23(11)16(24)12-8-19-21(2)10-12/h3-4,7-8,10-11H,5-6,9H2,1-2H3. The van der Waals surface area contributed by atoms with Crippen molar-refractivity contribution in [1.29, 1.82) is 0 Å². The summed E-state index contributed by atoms with van der Waals surface area (Å²) in [5, 5.41) is 4.95. The van der Waals surface area contributed by atoms with Gasteiger partial charge in [0.25, 0.3) is 5.91 Å². The lowest BCUT2D eigenvalue weighted by atomic mass is 10.1. The molecule has 2 aromatic heterocycles. The van der Waals surface area contributed by atoms with Crippen molar-refractivity contribution in [3.05, 3.63) is 42.0 Å². The molecule has 0 aliphatic carbocycles. The van der Waals surface area contributed by atoms with Crippen LogP contribution in [0.2, 0.25) is 0 Å². The first-order valence-corrected chi connectivity index (χ1v) is 8.93. The summed E-state index contributed by atoms with van der Waals surface area (Å²) in [6.07, 6.45) is 3.34. The number of fused-ring (bicyclic) bond motifs is 1. The van der Waals surface area contributed by atoms with E-state index in [-0.39, 0.29) is 17.8 Å². The summed E-state index contributed by atoms with van der Waals surface area (Å²) in [6.45, 7) is 4.07. The van der Waals surface area contributed by atoms with Crippen molar-refractivity contribution in [2.45, 2.75) is 13.0 Å². The minimum absolute atomic E-state index is 0.00613. The second-order valence-corrected chi connectivity index (χ2v) is 7.31. The molecule has 1 atom stereocenters. The molecule has 0 saturated carbocycles. The van der Waals surface area contributed by atoms with Gasteiger partial charge in [0.15, 0.2) is 5.13 Å². The smallest absolute Gasteiger partial charge is 0.257 e. The average Bonchev–Trinajstić information content (AvgIpc) is 3.20. The monoisotopic (exact) mass is 359 g/mol. The van der Waals surface area contributed by atoms with Gasteiger partial charge in [-0.3, -0.25) is 9.48 Å². The van der Waals surface area contributed by atoms with Crippen molar-refractivity contribution < 1.29 is 9.18 Å². The number of nitrogens with zero attached hydrogens (tertiary/aromatic N) is 5. The van der Waals surface area contributed by atoms with Gasteiger partial charge in [-0.2, -0.15) is 5.10 Å². The first-order valence-electron chi connectivity index (χ1n) is 8.12. The molecule has 4 rings (SSSR count). The van der Waals surface area contributed by atoms with Crippen molar-refractivity contribution in [3.63, 3.8) is 0 Å². The third-order valence-corrected chi connectivity index (χ3v) is 5.53. The van der Waals surface area contributed by atoms with Gasteiger partial charge in [0.05, 0.1) is 22.0 Å². The molecule has 3 aromatic rings. The highest BCUT2D eigenvalue weighted by molar-refractivity contribution is 7.22. The van der Waals surface area contributed by atoms with E-state index in [1.54, 1.807) is 30.2 Å². The van der Waals surface area contributed by atoms with Gasteiger partial charge < -0.3 is 9.80 Å². The van der Waals surface area contributed by atoms with Crippen LogP contribution in [0.5, 0.6) is 0 Å². The number of carbonyl (C=O) groups excluding carboxylic acids is 1. The van der Waals surface area contributed by atoms with E-state index in [9.17, 15) is 9.18 Å². The molecule has 0 radical (unpaired) electrons. The fourth-order valence-electron chi connectivity index (χ4n) is 3.15. The van der Waals surface area contributed by atoms with Gasteiger partial charge in [0, 0.05) is 38.9 Å². The Morgan fingerprint density at radius 2 is 2.20 bits per heavy atom. The summed E-state index contributed by atoms with van der Waals surface area (Å²) in [4.78, 5) is 21.3. The lowest BCUT2D eigenvalue weighted by Gasteiger charge is -2.39. The topological polar surface area (TPSA) is 54.3 Å². The molecule has 25 heavy (non-hydrogen) atoms. The Labute approximate surface area is 148 Å². The van der Waals surface area contributed by atoms with Crippen LogP contribution >= 0.6 is 11.3 Å². The predicted octanol–water partition coefficient (Wildman–Crippen LogP) is 2.52. The van der Waals surface area contributed by atoms with Crippen LogP contribution in [0, 0.1) is 5.82 Å². The van der Waals surface area contributed by atoms with Crippen molar-refractivity contribution in [2.75, 3.05) is 24.5 Å². The number of carbonyl (C=O) groups is 1. The minimum atomic E-state index is -0.247. The second kappa shape index (κ2) is 6.11. The number of piperazine rings is 1. The number of hydrogen-bond acceptors (Lipinski definition) is 5. The average molecular weight is 359 g/mol. The third-order valence-electron chi connectivity index (χ3n) is 4.45. The largest absolute Gasteiger partial charge is 0.344 e. The second-order valence-electron chi connectivity index (χ2n) is 6.30. The van der Waals surface area contributed by atoms with E-state index >= 15 is 0 Å². The molecule has 1 aliphatic rings. The molecule has 0 bridgehead atoms. The molecule has 1 aromatic carbocycles. The van der Waals surface area contributed by atoms with Gasteiger partial charge in [-0.15, -0.1) is 0 Å². The van der Waals surface area contributed by atoms with E-state index in [0.29, 0.717) is 25.2 Å². The van der Waals surface area contributed by atoms with Gasteiger partial charge in [0.2, 0.25) is 0 Å². The van der Waals surface area contributed by atoms with E-state index in [1.165, 1.54) is 23.5 Å². The summed E-state index contributed by atoms with van der Waals surface area (Å²) < 4.78 is 15.8. The third kappa shape index (κ3) is 2.97. The zero-order valence-corrected chi connectivity index (χ0v) is 14.8. The van der Waals surface area contributed by atoms with Crippen LogP contribution in [-0.2, 0) is 7.05 Å². The van der Waals surface area contributed by atoms with E-state index in [0.717, 1.165) is 15.3 Å².